The summed E-state index contributed by atoms with van der Waals surface area (Å²) in [5.41, 5.74) is 3.14. The van der Waals surface area contributed by atoms with Gasteiger partial charge in [0.2, 0.25) is 53.0 Å². The van der Waals surface area contributed by atoms with Gasteiger partial charge in [-0.3, -0.25) is 38.4 Å². The van der Waals surface area contributed by atoms with Crippen LogP contribution >= 0.6 is 23.2 Å². The van der Waals surface area contributed by atoms with Crippen molar-refractivity contribution < 1.29 is 88.4 Å². The van der Waals surface area contributed by atoms with Gasteiger partial charge >= 0.3 is 5.97 Å². The van der Waals surface area contributed by atoms with Crippen LogP contribution in [0.5, 0.6) is 46.0 Å². The average Bonchev–Trinajstić information content (AvgIpc) is 3.46. The number of aliphatic hydroxyl groups is 2. The lowest BCUT2D eigenvalue weighted by Crippen LogP contribution is -2.59. The van der Waals surface area contributed by atoms with Crippen molar-refractivity contribution in [3.05, 3.63) is 117 Å². The number of ether oxygens (including phenoxy) is 2. The third-order valence-electron chi connectivity index (χ3n) is 13.4. The van der Waals surface area contributed by atoms with Gasteiger partial charge in [-0.2, -0.15) is 0 Å². The highest BCUT2D eigenvalue weighted by molar-refractivity contribution is 6.32. The largest absolute Gasteiger partial charge is 0.508 e. The third kappa shape index (κ3) is 12.5. The number of benzene rings is 5. The fourth-order valence-corrected chi connectivity index (χ4v) is 9.92. The number of phenols is 4. The summed E-state index contributed by atoms with van der Waals surface area (Å²) < 4.78 is 12.2. The molecule has 5 aliphatic heterocycles. The van der Waals surface area contributed by atoms with E-state index in [2.05, 4.69) is 37.2 Å². The Morgan fingerprint density at radius 1 is 0.646 bits per heavy atom. The SMILES string of the molecule is CC(=O)N[C@@H](CC(C)C)C(=O)N[C@H]1C(=O)N[C@@H](CC(N)=O)C(=O)N[C@H]2C(=O)N[C@H]3C(=O)N[C@H](C(=O)N[C@H](C(=O)O)c4cc(O)cc(O)c4-c4cc3ccc4O)[C@H](O)c3ccc(c(Cl)c3)Oc3cc2cc(c3O)Oc2ccc(cc2Cl)[C@H]1O. The van der Waals surface area contributed by atoms with E-state index in [1.54, 1.807) is 13.8 Å². The first kappa shape index (κ1) is 58.8. The molecule has 0 radical (unpaired) electrons. The number of carboxylic acid groups (broad SMARTS) is 1. The van der Waals surface area contributed by atoms with Crippen LogP contribution in [0.1, 0.15) is 91.8 Å². The molecule has 11 bridgehead atoms. The number of phenolic OH excluding ortho intramolecular Hbond substituents is 4. The summed E-state index contributed by atoms with van der Waals surface area (Å²) in [5.74, 6) is -16.3. The van der Waals surface area contributed by atoms with Crippen LogP contribution in [0.4, 0.5) is 0 Å². The molecule has 0 fully saturated rings. The minimum atomic E-state index is -2.20. The number of carboxylic acids is 1. The maximum atomic E-state index is 15.4. The topological polar surface area (TPSA) is 424 Å². The van der Waals surface area contributed by atoms with Crippen molar-refractivity contribution in [3.8, 4) is 57.1 Å². The molecule has 82 heavy (non-hydrogen) atoms. The van der Waals surface area contributed by atoms with Gasteiger partial charge in [0.15, 0.2) is 17.5 Å². The normalized spacial score (nSPS) is 22.1. The minimum absolute atomic E-state index is 0.0490. The van der Waals surface area contributed by atoms with E-state index in [1.807, 2.05) is 0 Å². The number of primary amides is 1. The van der Waals surface area contributed by atoms with Crippen LogP contribution in [0.2, 0.25) is 10.0 Å². The zero-order valence-electron chi connectivity index (χ0n) is 43.1. The Morgan fingerprint density at radius 3 is 1.79 bits per heavy atom. The molecule has 26 nitrogen and oxygen atoms in total. The maximum Gasteiger partial charge on any atom is 0.330 e. The molecule has 0 spiro atoms. The summed E-state index contributed by atoms with van der Waals surface area (Å²) in [7, 11) is 0. The highest BCUT2D eigenvalue weighted by atomic mass is 35.5. The minimum Gasteiger partial charge on any atom is -0.508 e. The van der Waals surface area contributed by atoms with E-state index in [9.17, 15) is 74.1 Å². The summed E-state index contributed by atoms with van der Waals surface area (Å²) >= 11 is 13.5. The number of aliphatic hydroxyl groups excluding tert-OH is 2. The highest BCUT2D eigenvalue weighted by Crippen LogP contribution is 2.47. The molecule has 0 unspecified atom stereocenters. The van der Waals surface area contributed by atoms with Crippen LogP contribution in [-0.2, 0) is 43.2 Å². The van der Waals surface area contributed by atoms with E-state index in [4.69, 9.17) is 38.4 Å². The van der Waals surface area contributed by atoms with Gasteiger partial charge in [0.1, 0.15) is 77.2 Å². The molecule has 0 saturated carbocycles. The van der Waals surface area contributed by atoms with Gasteiger partial charge in [-0.15, -0.1) is 0 Å². The van der Waals surface area contributed by atoms with Crippen LogP contribution in [0, 0.1) is 5.92 Å². The second-order valence-corrected chi connectivity index (χ2v) is 20.6. The van der Waals surface area contributed by atoms with Crippen LogP contribution in [0.15, 0.2) is 78.9 Å². The van der Waals surface area contributed by atoms with E-state index in [0.29, 0.717) is 0 Å². The number of aliphatic carboxylic acids is 1. The summed E-state index contributed by atoms with van der Waals surface area (Å²) in [4.78, 5) is 126. The van der Waals surface area contributed by atoms with E-state index < -0.39 is 165 Å². The summed E-state index contributed by atoms with van der Waals surface area (Å²) in [6.45, 7) is 4.64. The number of nitrogens with two attached hydrogens (primary N) is 1. The molecule has 5 aromatic rings. The molecule has 8 amide bonds. The molecule has 5 aromatic carbocycles. The number of rotatable bonds is 8. The molecular weight excluding hydrogens is 1120 g/mol. The number of amides is 8. The fourth-order valence-electron chi connectivity index (χ4n) is 9.46. The number of fused-ring (bicyclic) bond motifs is 15. The summed E-state index contributed by atoms with van der Waals surface area (Å²) in [6.07, 6.45) is -5.14. The smallest absolute Gasteiger partial charge is 0.330 e. The van der Waals surface area contributed by atoms with Gasteiger partial charge in [0.05, 0.1) is 16.5 Å². The number of aromatic hydroxyl groups is 4. The molecule has 0 aliphatic carbocycles. The van der Waals surface area contributed by atoms with Crippen molar-refractivity contribution in [2.75, 3.05) is 0 Å². The fraction of sp³-hybridized carbons (Fsp3) is 0.278. The quantitative estimate of drug-likeness (QED) is 0.106. The molecule has 9 atom stereocenters. The Morgan fingerprint density at radius 2 is 1.22 bits per heavy atom. The second-order valence-electron chi connectivity index (χ2n) is 19.8. The van der Waals surface area contributed by atoms with Crippen LogP contribution in [-0.4, -0.2) is 113 Å². The molecule has 430 valence electrons. The Labute approximate surface area is 473 Å². The van der Waals surface area contributed by atoms with Crippen molar-refractivity contribution in [2.45, 2.75) is 88.1 Å². The van der Waals surface area contributed by atoms with Crippen molar-refractivity contribution in [3.63, 3.8) is 0 Å². The standard InChI is InChI=1S/C54H52Cl2N8O18/c1-19(2)10-30(58-20(3)65)48(73)63-43-45(70)22-5-8-34(28(55)12-22)81-36-14-24-15-37(47(36)72)82-35-9-6-23(13-29(35)56)46(71)44-53(78)62-42(54(79)80)27-16-25(66)17-33(68)39(27)26-11-21(4-7-32(26)67)40(50(75)64-44)61-51(76)41(24)60-49(74)31(18-38(57)69)59-52(43)77/h4-9,11-17,19,30-31,40-46,66-68,70-72H,10,18H2,1-3H3,(H2,57,69)(H,58,65)(H,59,77)(H,60,74)(H,61,76)(H,62,78)(H,63,73)(H,64,75)(H,79,80)/t30-,31-,40+,41+,42-,43+,44-,45+,46+/m0/s1. The lowest BCUT2D eigenvalue weighted by Gasteiger charge is -2.31. The zero-order valence-corrected chi connectivity index (χ0v) is 44.7. The molecular formula is C54H52Cl2N8O18. The van der Waals surface area contributed by atoms with Crippen LogP contribution in [0.25, 0.3) is 11.1 Å². The van der Waals surface area contributed by atoms with E-state index >= 15 is 4.79 Å². The van der Waals surface area contributed by atoms with E-state index in [-0.39, 0.29) is 56.1 Å². The Bertz CT molecular complexity index is 3490. The van der Waals surface area contributed by atoms with Crippen molar-refractivity contribution in [1.82, 2.24) is 37.2 Å². The van der Waals surface area contributed by atoms with Gasteiger partial charge in [0.25, 0.3) is 0 Å². The molecule has 28 heteroatoms. The van der Waals surface area contributed by atoms with Crippen LogP contribution in [0.3, 0.4) is 0 Å². The first-order chi connectivity index (χ1) is 38.7. The predicted octanol–water partition coefficient (Wildman–Crippen LogP) is 2.31. The van der Waals surface area contributed by atoms with E-state index in [0.717, 1.165) is 67.6 Å². The molecule has 0 saturated heterocycles. The summed E-state index contributed by atoms with van der Waals surface area (Å²) in [6, 6.07) is -0.315. The first-order valence-corrected chi connectivity index (χ1v) is 25.6. The number of carbonyl (C=O) groups is 9. The van der Waals surface area contributed by atoms with Gasteiger partial charge in [0, 0.05) is 29.7 Å². The number of carbonyl (C=O) groups excluding carboxylic acids is 8. The van der Waals surface area contributed by atoms with Crippen LogP contribution < -0.4 is 52.4 Å². The first-order valence-electron chi connectivity index (χ1n) is 24.9. The van der Waals surface area contributed by atoms with Gasteiger partial charge in [-0.1, -0.05) is 55.2 Å². The van der Waals surface area contributed by atoms with Gasteiger partial charge in [-0.05, 0) is 89.2 Å². The Kier molecular flexibility index (Phi) is 17.0. The number of hydrogen-bond acceptors (Lipinski definition) is 17. The lowest BCUT2D eigenvalue weighted by molar-refractivity contribution is -0.143. The molecule has 16 N–H and O–H groups in total. The van der Waals surface area contributed by atoms with Crippen molar-refractivity contribution in [2.24, 2.45) is 11.7 Å². The number of nitrogens with one attached hydrogen (secondary N) is 7. The number of halogens is 2. The Hall–Kier alpha value is -9.37. The van der Waals surface area contributed by atoms with E-state index in [1.165, 1.54) is 18.2 Å². The summed E-state index contributed by atoms with van der Waals surface area (Å²) in [5, 5.41) is 95.6. The van der Waals surface area contributed by atoms with Gasteiger partial charge in [-0.25, -0.2) is 4.79 Å². The van der Waals surface area contributed by atoms with Gasteiger partial charge < -0.3 is 88.2 Å². The monoisotopic (exact) mass is 1170 g/mol. The Balaban J connectivity index is 1.35. The molecule has 10 rings (SSSR count). The maximum absolute atomic E-state index is 15.4. The third-order valence-corrected chi connectivity index (χ3v) is 14.0. The lowest BCUT2D eigenvalue weighted by atomic mass is 9.89. The van der Waals surface area contributed by atoms with Crippen molar-refractivity contribution in [1.29, 1.82) is 0 Å². The predicted molar refractivity (Wildman–Crippen MR) is 285 cm³/mol. The molecule has 0 aromatic heterocycles. The molecule has 5 heterocycles. The second kappa shape index (κ2) is 23.8. The molecule has 5 aliphatic rings. The highest BCUT2D eigenvalue weighted by Gasteiger charge is 2.42. The zero-order chi connectivity index (χ0) is 59.8. The average molecular weight is 1170 g/mol. The van der Waals surface area contributed by atoms with Crippen molar-refractivity contribution >= 4 is 76.4 Å². The number of hydrogen-bond donors (Lipinski definition) is 15.